The van der Waals surface area contributed by atoms with Crippen molar-refractivity contribution in [2.24, 2.45) is 0 Å². The Balaban J connectivity index is 0.00000256. The summed E-state index contributed by atoms with van der Waals surface area (Å²) in [5.74, 6) is -1.82. The number of alkyl halides is 1. The molecule has 1 atom stereocenters. The first-order valence-electron chi connectivity index (χ1n) is 9.48. The van der Waals surface area contributed by atoms with Crippen LogP contribution in [-0.2, 0) is 24.2 Å². The Hall–Kier alpha value is -1.98. The number of rotatable bonds is 8. The van der Waals surface area contributed by atoms with Gasteiger partial charge in [0.1, 0.15) is 22.8 Å². The number of hydrogen-bond donors (Lipinski definition) is 3. The number of nitrogens with one attached hydrogen (secondary N) is 1. The van der Waals surface area contributed by atoms with Crippen molar-refractivity contribution >= 4 is 17.6 Å². The number of carbonyl (C=O) groups is 2. The molecule has 0 saturated carbocycles. The summed E-state index contributed by atoms with van der Waals surface area (Å²) >= 11 is 0. The maximum absolute atomic E-state index is 14.7. The van der Waals surface area contributed by atoms with Gasteiger partial charge in [-0.3, -0.25) is 4.79 Å². The molecule has 0 aliphatic rings. The second kappa shape index (κ2) is 11.1. The topological polar surface area (TPSA) is 118 Å². The summed E-state index contributed by atoms with van der Waals surface area (Å²) in [5, 5.41) is 25.0. The zero-order valence-electron chi connectivity index (χ0n) is 18.6. The summed E-state index contributed by atoms with van der Waals surface area (Å²) in [4.78, 5) is 23.7. The molecule has 2 heterocycles. The molecule has 1 unspecified atom stereocenters. The van der Waals surface area contributed by atoms with E-state index in [-0.39, 0.29) is 82.0 Å². The van der Waals surface area contributed by atoms with Crippen LogP contribution in [0, 0.1) is 0 Å². The van der Waals surface area contributed by atoms with Crippen molar-refractivity contribution in [2.75, 3.05) is 5.32 Å². The third kappa shape index (κ3) is 5.83. The third-order valence-corrected chi connectivity index (χ3v) is 4.75. The molecule has 0 spiro atoms. The first-order valence-corrected chi connectivity index (χ1v) is 9.48. The van der Waals surface area contributed by atoms with Crippen LogP contribution in [0.15, 0.2) is 41.2 Å². The summed E-state index contributed by atoms with van der Waals surface area (Å²) in [6.07, 6.45) is 1.04. The molecular weight excluding hydrogens is 432 g/mol. The van der Waals surface area contributed by atoms with Gasteiger partial charge in [0.2, 0.25) is 0 Å². The molecule has 31 heavy (non-hydrogen) atoms. The monoisotopic (exact) mass is 455 g/mol. The van der Waals surface area contributed by atoms with Gasteiger partial charge in [-0.2, -0.15) is 0 Å². The van der Waals surface area contributed by atoms with Crippen molar-refractivity contribution in [3.63, 3.8) is 0 Å². The van der Waals surface area contributed by atoms with Gasteiger partial charge in [-0.05, 0) is 37.6 Å². The van der Waals surface area contributed by atoms with E-state index in [4.69, 9.17) is 4.52 Å². The second-order valence-corrected chi connectivity index (χ2v) is 6.72. The number of aromatic nitrogens is 2. The molecule has 160 valence electrons. The standard InChI is InChI=1S/C21H22FN3O5.K.H/c1-3-14-18(30-24-19(14)12-5-7-13(26)8-6-12)9-16(22)20(27)23-17-11-25(4-2)10-15(17)21(28)29;;/h5-8,10-11,16,26H,3-4,9H2,1-2H3,(H,23,27)(H,28,29);;/q;+1;-1. The number of carboxylic acids is 1. The van der Waals surface area contributed by atoms with Gasteiger partial charge in [-0.25, -0.2) is 9.18 Å². The van der Waals surface area contributed by atoms with Crippen molar-refractivity contribution in [1.82, 2.24) is 9.72 Å². The van der Waals surface area contributed by atoms with E-state index in [1.807, 2.05) is 13.8 Å². The van der Waals surface area contributed by atoms with Crippen LogP contribution in [0.25, 0.3) is 11.3 Å². The molecule has 3 rings (SSSR count). The number of aromatic hydroxyl groups is 1. The van der Waals surface area contributed by atoms with Crippen LogP contribution in [0.4, 0.5) is 10.1 Å². The van der Waals surface area contributed by atoms with E-state index >= 15 is 0 Å². The first-order chi connectivity index (χ1) is 14.3. The van der Waals surface area contributed by atoms with Gasteiger partial charge >= 0.3 is 57.4 Å². The molecular formula is C21H23FKN3O5. The maximum Gasteiger partial charge on any atom is 1.00 e. The predicted octanol–water partition coefficient (Wildman–Crippen LogP) is 0.765. The number of phenols is 1. The second-order valence-electron chi connectivity index (χ2n) is 6.72. The molecule has 0 aliphatic carbocycles. The number of anilines is 1. The molecule has 0 bridgehead atoms. The third-order valence-electron chi connectivity index (χ3n) is 4.75. The van der Waals surface area contributed by atoms with Crippen LogP contribution in [0.2, 0.25) is 0 Å². The zero-order chi connectivity index (χ0) is 21.8. The van der Waals surface area contributed by atoms with Gasteiger partial charge in [0.15, 0.2) is 6.17 Å². The Morgan fingerprint density at radius 2 is 1.94 bits per heavy atom. The van der Waals surface area contributed by atoms with E-state index in [2.05, 4.69) is 10.5 Å². The van der Waals surface area contributed by atoms with Crippen molar-refractivity contribution in [2.45, 2.75) is 39.4 Å². The van der Waals surface area contributed by atoms with Crippen LogP contribution >= 0.6 is 0 Å². The van der Waals surface area contributed by atoms with Gasteiger partial charge in [0, 0.05) is 36.5 Å². The van der Waals surface area contributed by atoms with Crippen molar-refractivity contribution in [3.8, 4) is 17.0 Å². The smallest absolute Gasteiger partial charge is 1.00 e. The predicted molar refractivity (Wildman–Crippen MR) is 108 cm³/mol. The molecule has 8 nitrogen and oxygen atoms in total. The number of aromatic carboxylic acids is 1. The van der Waals surface area contributed by atoms with Crippen LogP contribution < -0.4 is 56.7 Å². The fraction of sp³-hybridized carbons (Fsp3) is 0.286. The number of nitrogens with zero attached hydrogens (tertiary/aromatic N) is 2. The van der Waals surface area contributed by atoms with E-state index in [9.17, 15) is 24.2 Å². The van der Waals surface area contributed by atoms with Crippen LogP contribution in [0.3, 0.4) is 0 Å². The average Bonchev–Trinajstić information content (AvgIpc) is 3.32. The van der Waals surface area contributed by atoms with E-state index in [1.54, 1.807) is 16.7 Å². The Morgan fingerprint density at radius 3 is 2.52 bits per heavy atom. The van der Waals surface area contributed by atoms with E-state index < -0.39 is 18.0 Å². The molecule has 3 aromatic rings. The van der Waals surface area contributed by atoms with E-state index in [0.29, 0.717) is 29.8 Å². The van der Waals surface area contributed by atoms with Crippen molar-refractivity contribution in [1.29, 1.82) is 0 Å². The fourth-order valence-electron chi connectivity index (χ4n) is 3.14. The molecule has 0 aliphatic heterocycles. The van der Waals surface area contributed by atoms with Crippen LogP contribution in [0.5, 0.6) is 5.75 Å². The number of amides is 1. The minimum Gasteiger partial charge on any atom is -1.00 e. The summed E-state index contributed by atoms with van der Waals surface area (Å²) < 4.78 is 21.6. The van der Waals surface area contributed by atoms with Gasteiger partial charge in [-0.15, -0.1) is 0 Å². The zero-order valence-corrected chi connectivity index (χ0v) is 20.7. The molecule has 1 aromatic carbocycles. The van der Waals surface area contributed by atoms with E-state index in [0.717, 1.165) is 0 Å². The summed E-state index contributed by atoms with van der Waals surface area (Å²) in [6, 6.07) is 6.36. The van der Waals surface area contributed by atoms with Crippen LogP contribution in [-0.4, -0.2) is 38.0 Å². The first kappa shape index (κ1) is 25.3. The van der Waals surface area contributed by atoms with Gasteiger partial charge in [0.05, 0.1) is 5.69 Å². The molecule has 2 aromatic heterocycles. The minimum absolute atomic E-state index is 0. The summed E-state index contributed by atoms with van der Waals surface area (Å²) in [5.41, 5.74) is 1.82. The minimum atomic E-state index is -1.96. The Bertz CT molecular complexity index is 1070. The fourth-order valence-corrected chi connectivity index (χ4v) is 3.14. The Morgan fingerprint density at radius 1 is 1.26 bits per heavy atom. The van der Waals surface area contributed by atoms with Gasteiger partial charge in [-0.1, -0.05) is 12.1 Å². The van der Waals surface area contributed by atoms with Crippen LogP contribution in [0.1, 0.15) is 37.0 Å². The Kier molecular flexibility index (Phi) is 9.01. The van der Waals surface area contributed by atoms with Gasteiger partial charge in [0.25, 0.3) is 5.91 Å². The van der Waals surface area contributed by atoms with E-state index in [1.165, 1.54) is 24.5 Å². The molecule has 0 saturated heterocycles. The number of phenolic OH excluding ortho intramolecular Hbond substituents is 1. The number of halogens is 1. The normalized spacial score (nSPS) is 11.6. The Labute approximate surface area is 222 Å². The average molecular weight is 456 g/mol. The number of aryl methyl sites for hydroxylation is 1. The molecule has 0 radical (unpaired) electrons. The molecule has 3 N–H and O–H groups in total. The summed E-state index contributed by atoms with van der Waals surface area (Å²) in [6.45, 7) is 4.18. The quantitative estimate of drug-likeness (QED) is 0.432. The van der Waals surface area contributed by atoms with Crippen molar-refractivity contribution in [3.05, 3.63) is 53.5 Å². The molecule has 1 amide bonds. The summed E-state index contributed by atoms with van der Waals surface area (Å²) in [7, 11) is 0. The maximum atomic E-state index is 14.7. The van der Waals surface area contributed by atoms with Gasteiger partial charge < -0.3 is 26.0 Å². The SMILES string of the molecule is CCc1c(-c2ccc(O)cc2)noc1CC(F)C(=O)Nc1cn(CC)cc1C(=O)O.[H-].[K+]. The number of hydrogen-bond acceptors (Lipinski definition) is 5. The number of carboxylic acid groups (broad SMARTS) is 1. The van der Waals surface area contributed by atoms with Crippen molar-refractivity contribution < 1.29 is 81.5 Å². The molecule has 0 fully saturated rings. The number of benzene rings is 1. The molecule has 10 heteroatoms. The number of carbonyl (C=O) groups excluding carboxylic acids is 1. The largest absolute Gasteiger partial charge is 1.00 e.